The van der Waals surface area contributed by atoms with Crippen molar-refractivity contribution in [2.45, 2.75) is 70.1 Å². The Balaban J connectivity index is 0.983. The lowest BCUT2D eigenvalue weighted by Gasteiger charge is -2.36. The van der Waals surface area contributed by atoms with E-state index in [9.17, 15) is 23.9 Å². The molecule has 282 valence electrons. The highest BCUT2D eigenvalue weighted by atomic mass is 19.1. The van der Waals surface area contributed by atoms with Gasteiger partial charge < -0.3 is 25.6 Å². The van der Waals surface area contributed by atoms with Crippen molar-refractivity contribution in [1.82, 2.24) is 19.4 Å². The lowest BCUT2D eigenvalue weighted by atomic mass is 9.82. The van der Waals surface area contributed by atoms with Gasteiger partial charge in [0.2, 0.25) is 11.3 Å². The van der Waals surface area contributed by atoms with Gasteiger partial charge in [0.15, 0.2) is 0 Å². The van der Waals surface area contributed by atoms with Crippen LogP contribution in [0.3, 0.4) is 0 Å². The molecule has 3 fully saturated rings. The zero-order chi connectivity index (χ0) is 38.2. The van der Waals surface area contributed by atoms with E-state index < -0.39 is 23.0 Å². The molecule has 10 nitrogen and oxygen atoms in total. The van der Waals surface area contributed by atoms with Gasteiger partial charge in [-0.3, -0.25) is 19.4 Å². The van der Waals surface area contributed by atoms with Crippen molar-refractivity contribution in [3.63, 3.8) is 0 Å². The third-order valence-electron chi connectivity index (χ3n) is 11.3. The summed E-state index contributed by atoms with van der Waals surface area (Å²) >= 11 is 0. The first kappa shape index (κ1) is 36.2. The Hall–Kier alpha value is -5.75. The molecular formula is C43H42F2N6O4. The van der Waals surface area contributed by atoms with Crippen LogP contribution in [0.15, 0.2) is 90.2 Å². The number of amides is 2. The van der Waals surface area contributed by atoms with Crippen LogP contribution < -0.4 is 16.5 Å². The van der Waals surface area contributed by atoms with Gasteiger partial charge in [0.05, 0.1) is 23.6 Å². The lowest BCUT2D eigenvalue weighted by Crippen LogP contribution is -2.43. The smallest absolute Gasteiger partial charge is 0.261 e. The standard InChI is InChI=1S/C43H42F2N6O4/c44-30-8-12-39(47-20-30)36-23-50(21-26-2-1-3-26)24-37(41(36)54)43(55)49-31-9-11-34(38(45)18-31)35-17-29(19-48-42(35)46)28-6-4-25(5-7-28)14-32-10-13-40(53)51(32)22-27-15-33(52)16-27/h4-9,11-12,17-20,23-24,26-27,32-33,52H,1-3,10,13-16,21-22H2,(H2,46,48)(H,49,55)/t27?,32-,33?/m0/s1. The highest BCUT2D eigenvalue weighted by Gasteiger charge is 2.36. The predicted octanol–water partition coefficient (Wildman–Crippen LogP) is 6.86. The van der Waals surface area contributed by atoms with Gasteiger partial charge in [-0.2, -0.15) is 0 Å². The van der Waals surface area contributed by atoms with E-state index >= 15 is 4.39 Å². The van der Waals surface area contributed by atoms with E-state index in [4.69, 9.17) is 5.73 Å². The SMILES string of the molecule is Nc1ncc(-c2ccc(C[C@@H]3CCC(=O)N3CC3CC(O)C3)cc2)cc1-c1ccc(NC(=O)c2cn(CC3CCC3)cc(-c3ccc(F)cn3)c2=O)cc1F. The highest BCUT2D eigenvalue weighted by molar-refractivity contribution is 6.04. The van der Waals surface area contributed by atoms with Crippen LogP contribution in [0, 0.1) is 23.5 Å². The van der Waals surface area contributed by atoms with Gasteiger partial charge in [0, 0.05) is 66.5 Å². The van der Waals surface area contributed by atoms with Gasteiger partial charge in [-0.1, -0.05) is 30.7 Å². The van der Waals surface area contributed by atoms with Crippen LogP contribution in [0.1, 0.15) is 60.9 Å². The number of aliphatic hydroxyl groups excluding tert-OH is 1. The second-order valence-electron chi connectivity index (χ2n) is 15.2. The van der Waals surface area contributed by atoms with Crippen LogP contribution in [-0.4, -0.2) is 55.0 Å². The number of nitrogen functional groups attached to an aromatic ring is 1. The average molecular weight is 745 g/mol. The molecule has 0 bridgehead atoms. The number of nitrogens with one attached hydrogen (secondary N) is 1. The first-order valence-electron chi connectivity index (χ1n) is 18.9. The molecular weight excluding hydrogens is 703 g/mol. The summed E-state index contributed by atoms with van der Waals surface area (Å²) in [6.07, 6.45) is 12.4. The molecule has 1 aliphatic heterocycles. The van der Waals surface area contributed by atoms with E-state index in [2.05, 4.69) is 15.3 Å². The van der Waals surface area contributed by atoms with Gasteiger partial charge in [-0.25, -0.2) is 13.8 Å². The maximum atomic E-state index is 15.8. The molecule has 3 aliphatic rings. The Morgan fingerprint density at radius 2 is 1.65 bits per heavy atom. The molecule has 4 heterocycles. The number of rotatable bonds is 11. The van der Waals surface area contributed by atoms with Gasteiger partial charge >= 0.3 is 0 Å². The number of halogens is 2. The topological polar surface area (TPSA) is 143 Å². The summed E-state index contributed by atoms with van der Waals surface area (Å²) in [6, 6.07) is 16.8. The van der Waals surface area contributed by atoms with E-state index in [0.29, 0.717) is 36.9 Å². The molecule has 8 rings (SSSR count). The third-order valence-corrected chi connectivity index (χ3v) is 11.3. The van der Waals surface area contributed by atoms with Crippen molar-refractivity contribution >= 4 is 23.3 Å². The fourth-order valence-corrected chi connectivity index (χ4v) is 7.94. The number of hydrogen-bond donors (Lipinski definition) is 3. The normalized spacial score (nSPS) is 19.6. The Morgan fingerprint density at radius 1 is 0.855 bits per heavy atom. The Bertz CT molecular complexity index is 2300. The Kier molecular flexibility index (Phi) is 10.00. The van der Waals surface area contributed by atoms with Crippen LogP contribution in [0.5, 0.6) is 0 Å². The number of carbonyl (C=O) groups excluding carboxylic acids is 2. The predicted molar refractivity (Wildman–Crippen MR) is 206 cm³/mol. The van der Waals surface area contributed by atoms with Gasteiger partial charge in [-0.05, 0) is 97.9 Å². The van der Waals surface area contributed by atoms with Crippen molar-refractivity contribution in [3.8, 4) is 33.5 Å². The van der Waals surface area contributed by atoms with Crippen molar-refractivity contribution in [2.75, 3.05) is 17.6 Å². The number of benzene rings is 2. The van der Waals surface area contributed by atoms with E-state index in [1.165, 1.54) is 30.5 Å². The molecule has 55 heavy (non-hydrogen) atoms. The third kappa shape index (κ3) is 7.77. The second-order valence-corrected chi connectivity index (χ2v) is 15.2. The number of carbonyl (C=O) groups is 2. The zero-order valence-electron chi connectivity index (χ0n) is 30.3. The molecule has 1 saturated heterocycles. The average Bonchev–Trinajstić information content (AvgIpc) is 3.48. The maximum Gasteiger partial charge on any atom is 0.261 e. The molecule has 2 saturated carbocycles. The van der Waals surface area contributed by atoms with Gasteiger partial charge in [-0.15, -0.1) is 0 Å². The fourth-order valence-electron chi connectivity index (χ4n) is 7.94. The van der Waals surface area contributed by atoms with Crippen LogP contribution in [-0.2, 0) is 17.8 Å². The van der Waals surface area contributed by atoms with Crippen LogP contribution >= 0.6 is 0 Å². The minimum absolute atomic E-state index is 0.135. The first-order chi connectivity index (χ1) is 26.6. The molecule has 5 aromatic rings. The number of aromatic nitrogens is 3. The quantitative estimate of drug-likeness (QED) is 0.134. The summed E-state index contributed by atoms with van der Waals surface area (Å²) in [4.78, 5) is 50.1. The number of hydrogen-bond acceptors (Lipinski definition) is 7. The largest absolute Gasteiger partial charge is 0.393 e. The summed E-state index contributed by atoms with van der Waals surface area (Å²) in [5.74, 6) is -0.779. The molecule has 4 N–H and O–H groups in total. The van der Waals surface area contributed by atoms with E-state index in [1.54, 1.807) is 29.1 Å². The Morgan fingerprint density at radius 3 is 2.35 bits per heavy atom. The van der Waals surface area contributed by atoms with E-state index in [0.717, 1.165) is 67.8 Å². The zero-order valence-corrected chi connectivity index (χ0v) is 30.3. The molecule has 2 aromatic carbocycles. The highest BCUT2D eigenvalue weighted by Crippen LogP contribution is 2.35. The van der Waals surface area contributed by atoms with Gasteiger partial charge in [0.25, 0.3) is 5.91 Å². The number of likely N-dealkylation sites (tertiary alicyclic amines) is 1. The van der Waals surface area contributed by atoms with Crippen molar-refractivity contribution in [1.29, 1.82) is 0 Å². The number of nitrogens with two attached hydrogens (primary N) is 1. The van der Waals surface area contributed by atoms with Crippen molar-refractivity contribution in [3.05, 3.63) is 118 Å². The van der Waals surface area contributed by atoms with E-state index in [1.807, 2.05) is 29.2 Å². The van der Waals surface area contributed by atoms with Crippen LogP contribution in [0.25, 0.3) is 33.5 Å². The number of nitrogens with zero attached hydrogens (tertiary/aromatic N) is 4. The van der Waals surface area contributed by atoms with Gasteiger partial charge in [0.1, 0.15) is 23.0 Å². The van der Waals surface area contributed by atoms with E-state index in [-0.39, 0.29) is 51.9 Å². The van der Waals surface area contributed by atoms with Crippen LogP contribution in [0.4, 0.5) is 20.3 Å². The molecule has 1 atom stereocenters. The summed E-state index contributed by atoms with van der Waals surface area (Å²) in [5, 5.41) is 12.3. The fraction of sp³-hybridized carbons (Fsp3) is 0.326. The second kappa shape index (κ2) is 15.2. The molecule has 2 amide bonds. The lowest BCUT2D eigenvalue weighted by molar-refractivity contribution is -0.130. The maximum absolute atomic E-state index is 15.8. The monoisotopic (exact) mass is 744 g/mol. The van der Waals surface area contributed by atoms with Crippen molar-refractivity contribution in [2.24, 2.45) is 11.8 Å². The number of pyridine rings is 3. The van der Waals surface area contributed by atoms with Crippen molar-refractivity contribution < 1.29 is 23.5 Å². The summed E-state index contributed by atoms with van der Waals surface area (Å²) in [7, 11) is 0. The first-order valence-corrected chi connectivity index (χ1v) is 18.9. The summed E-state index contributed by atoms with van der Waals surface area (Å²) in [5.41, 5.74) is 9.40. The molecule has 3 aromatic heterocycles. The molecule has 0 spiro atoms. The van der Waals surface area contributed by atoms with Crippen LogP contribution in [0.2, 0.25) is 0 Å². The molecule has 0 unspecified atom stereocenters. The number of aliphatic hydroxyl groups is 1. The summed E-state index contributed by atoms with van der Waals surface area (Å²) in [6.45, 7) is 1.32. The Labute approximate surface area is 317 Å². The minimum Gasteiger partial charge on any atom is -0.393 e. The number of anilines is 2. The summed E-state index contributed by atoms with van der Waals surface area (Å²) < 4.78 is 31.2. The molecule has 12 heteroatoms. The molecule has 0 radical (unpaired) electrons. The molecule has 2 aliphatic carbocycles. The minimum atomic E-state index is -0.708.